The second-order valence-corrected chi connectivity index (χ2v) is 5.44. The quantitative estimate of drug-likeness (QED) is 0.654. The molecule has 0 aromatic carbocycles. The van der Waals surface area contributed by atoms with Gasteiger partial charge in [0, 0.05) is 26.3 Å². The summed E-state index contributed by atoms with van der Waals surface area (Å²) in [6, 6.07) is 0. The predicted octanol–water partition coefficient (Wildman–Crippen LogP) is 1.81. The second kappa shape index (κ2) is 8.35. The molecule has 0 aromatic rings. The monoisotopic (exact) mass is 261 g/mol. The van der Waals surface area contributed by atoms with Gasteiger partial charge in [-0.3, -0.25) is 0 Å². The molecule has 17 heavy (non-hydrogen) atoms. The Morgan fingerprint density at radius 3 is 2.53 bits per heavy atom. The molecule has 1 saturated heterocycles. The number of aliphatic hydroxyl groups excluding tert-OH is 1. The van der Waals surface area contributed by atoms with Gasteiger partial charge < -0.3 is 14.7 Å². The minimum atomic E-state index is 0.253. The van der Waals surface area contributed by atoms with Crippen LogP contribution in [0.15, 0.2) is 0 Å². The van der Waals surface area contributed by atoms with E-state index in [-0.39, 0.29) is 6.61 Å². The smallest absolute Gasteiger partial charge is 0.0558 e. The summed E-state index contributed by atoms with van der Waals surface area (Å²) in [6.07, 6.45) is 4.62. The van der Waals surface area contributed by atoms with Crippen LogP contribution in [0, 0.1) is 5.41 Å². The van der Waals surface area contributed by atoms with Crippen LogP contribution in [0.5, 0.6) is 0 Å². The van der Waals surface area contributed by atoms with E-state index in [1.165, 1.54) is 12.8 Å². The number of aliphatic hydroxyl groups is 1. The van der Waals surface area contributed by atoms with E-state index >= 15 is 0 Å². The van der Waals surface area contributed by atoms with Crippen molar-refractivity contribution >= 4 is 12.6 Å². The van der Waals surface area contributed by atoms with Gasteiger partial charge in [-0.25, -0.2) is 0 Å². The van der Waals surface area contributed by atoms with Crippen LogP contribution in [-0.2, 0) is 4.74 Å². The molecule has 0 atom stereocenters. The average Bonchev–Trinajstić information content (AvgIpc) is 2.37. The molecule has 1 N–H and O–H groups in total. The van der Waals surface area contributed by atoms with Gasteiger partial charge in [0.2, 0.25) is 0 Å². The van der Waals surface area contributed by atoms with Crippen molar-refractivity contribution in [3.63, 3.8) is 0 Å². The Balaban J connectivity index is 2.48. The predicted molar refractivity (Wildman–Crippen MR) is 74.8 cm³/mol. The second-order valence-electron chi connectivity index (χ2n) is 5.12. The highest BCUT2D eigenvalue weighted by Crippen LogP contribution is 2.32. The summed E-state index contributed by atoms with van der Waals surface area (Å²) in [5.74, 6) is 0.921. The van der Waals surface area contributed by atoms with Crippen LogP contribution in [0.3, 0.4) is 0 Å². The number of rotatable bonds is 8. The van der Waals surface area contributed by atoms with Crippen LogP contribution in [0.25, 0.3) is 0 Å². The van der Waals surface area contributed by atoms with Gasteiger partial charge in [0.15, 0.2) is 0 Å². The first-order chi connectivity index (χ1) is 8.26. The van der Waals surface area contributed by atoms with Crippen molar-refractivity contribution in [2.75, 3.05) is 45.2 Å². The molecule has 0 amide bonds. The van der Waals surface area contributed by atoms with Gasteiger partial charge in [0.05, 0.1) is 6.61 Å². The zero-order valence-corrected chi connectivity index (χ0v) is 11.9. The van der Waals surface area contributed by atoms with Crippen molar-refractivity contribution in [2.24, 2.45) is 5.41 Å². The molecule has 102 valence electrons. The third kappa shape index (κ3) is 5.16. The van der Waals surface area contributed by atoms with E-state index in [0.29, 0.717) is 5.41 Å². The molecule has 1 aliphatic rings. The Bertz CT molecular complexity index is 196. The third-order valence-electron chi connectivity index (χ3n) is 3.69. The zero-order valence-electron chi connectivity index (χ0n) is 11.0. The van der Waals surface area contributed by atoms with Crippen molar-refractivity contribution < 1.29 is 9.84 Å². The summed E-state index contributed by atoms with van der Waals surface area (Å²) < 4.78 is 5.45. The number of nitrogens with zero attached hydrogens (tertiary/aromatic N) is 1. The summed E-state index contributed by atoms with van der Waals surface area (Å²) in [6.45, 7) is 7.12. The Morgan fingerprint density at radius 1 is 1.29 bits per heavy atom. The molecule has 0 saturated carbocycles. The molecule has 0 unspecified atom stereocenters. The van der Waals surface area contributed by atoms with Crippen molar-refractivity contribution in [2.45, 2.75) is 32.6 Å². The van der Waals surface area contributed by atoms with E-state index in [1.54, 1.807) is 0 Å². The highest BCUT2D eigenvalue weighted by atomic mass is 32.1. The summed E-state index contributed by atoms with van der Waals surface area (Å²) >= 11 is 4.54. The first-order valence-electron chi connectivity index (χ1n) is 6.78. The molecule has 0 radical (unpaired) electrons. The molecule has 1 fully saturated rings. The molecule has 0 bridgehead atoms. The molecule has 1 rings (SSSR count). The normalized spacial score (nSPS) is 19.8. The molecule has 0 aliphatic carbocycles. The molecule has 3 nitrogen and oxygen atoms in total. The molecule has 4 heteroatoms. The van der Waals surface area contributed by atoms with Gasteiger partial charge in [0.1, 0.15) is 0 Å². The topological polar surface area (TPSA) is 32.7 Å². The van der Waals surface area contributed by atoms with Gasteiger partial charge in [0.25, 0.3) is 0 Å². The molecule has 1 aliphatic heterocycles. The first-order valence-corrected chi connectivity index (χ1v) is 7.41. The minimum Gasteiger partial charge on any atom is -0.395 e. The molecule has 0 aromatic heterocycles. The highest BCUT2D eigenvalue weighted by Gasteiger charge is 2.32. The Kier molecular flexibility index (Phi) is 7.51. The summed E-state index contributed by atoms with van der Waals surface area (Å²) in [7, 11) is 0. The maximum Gasteiger partial charge on any atom is 0.0558 e. The van der Waals surface area contributed by atoms with E-state index in [0.717, 1.165) is 51.4 Å². The maximum absolute atomic E-state index is 9.14. The van der Waals surface area contributed by atoms with E-state index in [1.807, 2.05) is 0 Å². The average molecular weight is 261 g/mol. The lowest BCUT2D eigenvalue weighted by Crippen LogP contribution is -2.44. The standard InChI is InChI=1S/C13H27NO2S/c1-2-3-6-14(7-8-15)11-13(12-17)4-9-16-10-5-13/h15,17H,2-12H2,1H3. The fourth-order valence-corrected chi connectivity index (χ4v) is 2.85. The van der Waals surface area contributed by atoms with Crippen LogP contribution < -0.4 is 0 Å². The highest BCUT2D eigenvalue weighted by molar-refractivity contribution is 7.80. The summed E-state index contributed by atoms with van der Waals surface area (Å²) in [4.78, 5) is 2.39. The lowest BCUT2D eigenvalue weighted by Gasteiger charge is -2.40. The lowest BCUT2D eigenvalue weighted by molar-refractivity contribution is 0.00527. The van der Waals surface area contributed by atoms with Gasteiger partial charge in [-0.2, -0.15) is 12.6 Å². The van der Waals surface area contributed by atoms with Gasteiger partial charge >= 0.3 is 0 Å². The van der Waals surface area contributed by atoms with Crippen LogP contribution in [-0.4, -0.2) is 55.2 Å². The van der Waals surface area contributed by atoms with Crippen LogP contribution >= 0.6 is 12.6 Å². The first kappa shape index (κ1) is 15.3. The third-order valence-corrected chi connectivity index (χ3v) is 4.36. The van der Waals surface area contributed by atoms with Gasteiger partial charge in [-0.15, -0.1) is 0 Å². The van der Waals surface area contributed by atoms with E-state index in [2.05, 4.69) is 24.5 Å². The Morgan fingerprint density at radius 2 is 2.00 bits per heavy atom. The molecule has 1 heterocycles. The lowest BCUT2D eigenvalue weighted by atomic mass is 9.81. The van der Waals surface area contributed by atoms with Crippen LogP contribution in [0.1, 0.15) is 32.6 Å². The SMILES string of the molecule is CCCCN(CCO)CC1(CS)CCOCC1. The van der Waals surface area contributed by atoms with Crippen LogP contribution in [0.4, 0.5) is 0 Å². The Labute approximate surface area is 111 Å². The summed E-state index contributed by atoms with van der Waals surface area (Å²) in [5.41, 5.74) is 0.296. The van der Waals surface area contributed by atoms with Crippen molar-refractivity contribution in [1.29, 1.82) is 0 Å². The zero-order chi connectivity index (χ0) is 12.6. The minimum absolute atomic E-state index is 0.253. The molecule has 0 spiro atoms. The number of thiol groups is 1. The van der Waals surface area contributed by atoms with Crippen LogP contribution in [0.2, 0.25) is 0 Å². The number of unbranched alkanes of at least 4 members (excludes halogenated alkanes) is 1. The molecular weight excluding hydrogens is 234 g/mol. The van der Waals surface area contributed by atoms with E-state index < -0.39 is 0 Å². The number of hydrogen-bond donors (Lipinski definition) is 2. The maximum atomic E-state index is 9.14. The van der Waals surface area contributed by atoms with E-state index in [4.69, 9.17) is 9.84 Å². The van der Waals surface area contributed by atoms with Gasteiger partial charge in [-0.05, 0) is 37.0 Å². The number of ether oxygens (including phenoxy) is 1. The largest absolute Gasteiger partial charge is 0.395 e. The molecular formula is C13H27NO2S. The van der Waals surface area contributed by atoms with Crippen molar-refractivity contribution in [3.8, 4) is 0 Å². The summed E-state index contributed by atoms with van der Waals surface area (Å²) in [5, 5.41) is 9.14. The van der Waals surface area contributed by atoms with Crippen molar-refractivity contribution in [3.05, 3.63) is 0 Å². The van der Waals surface area contributed by atoms with E-state index in [9.17, 15) is 0 Å². The number of hydrogen-bond acceptors (Lipinski definition) is 4. The Hall–Kier alpha value is 0.230. The van der Waals surface area contributed by atoms with Gasteiger partial charge in [-0.1, -0.05) is 13.3 Å². The fourth-order valence-electron chi connectivity index (χ4n) is 2.44. The fraction of sp³-hybridized carbons (Fsp3) is 1.00. The van der Waals surface area contributed by atoms with Crippen molar-refractivity contribution in [1.82, 2.24) is 4.90 Å².